The quantitative estimate of drug-likeness (QED) is 0.837. The van der Waals surface area contributed by atoms with Crippen molar-refractivity contribution in [3.63, 3.8) is 0 Å². The minimum absolute atomic E-state index is 0.332. The van der Waals surface area contributed by atoms with Gasteiger partial charge in [-0.15, -0.1) is 21.5 Å². The lowest BCUT2D eigenvalue weighted by atomic mass is 10.2. The summed E-state index contributed by atoms with van der Waals surface area (Å²) in [5.74, 6) is 1.73. The van der Waals surface area contributed by atoms with Crippen LogP contribution in [0.15, 0.2) is 12.1 Å². The summed E-state index contributed by atoms with van der Waals surface area (Å²) in [5.41, 5.74) is 0. The highest BCUT2D eigenvalue weighted by Gasteiger charge is 2.09. The van der Waals surface area contributed by atoms with Gasteiger partial charge in [0.05, 0.1) is 6.54 Å². The van der Waals surface area contributed by atoms with E-state index in [0.29, 0.717) is 11.8 Å². The average molecular weight is 250 g/mol. The van der Waals surface area contributed by atoms with Gasteiger partial charge in [0.25, 0.3) is 0 Å². The first-order valence-electron chi connectivity index (χ1n) is 5.92. The molecule has 2 aromatic heterocycles. The van der Waals surface area contributed by atoms with E-state index in [-0.39, 0.29) is 0 Å². The third-order valence-electron chi connectivity index (χ3n) is 2.53. The van der Waals surface area contributed by atoms with Crippen LogP contribution in [0, 0.1) is 0 Å². The lowest BCUT2D eigenvalue weighted by Gasteiger charge is -1.98. The van der Waals surface area contributed by atoms with Crippen LogP contribution in [0.5, 0.6) is 0 Å². The molecule has 0 spiro atoms. The third-order valence-corrected chi connectivity index (χ3v) is 3.90. The molecule has 0 aliphatic rings. The van der Waals surface area contributed by atoms with Crippen molar-refractivity contribution < 1.29 is 0 Å². The SMILES string of the molecule is CC(C)c1nnn(Cc2ccc(C(C)C)s2)n1. The van der Waals surface area contributed by atoms with Crippen molar-refractivity contribution in [1.82, 2.24) is 20.2 Å². The monoisotopic (exact) mass is 250 g/mol. The number of hydrogen-bond donors (Lipinski definition) is 0. The molecule has 2 heterocycles. The Balaban J connectivity index is 2.08. The second kappa shape index (κ2) is 4.96. The second-order valence-electron chi connectivity index (χ2n) is 4.79. The number of hydrogen-bond acceptors (Lipinski definition) is 4. The second-order valence-corrected chi connectivity index (χ2v) is 5.99. The zero-order valence-electron chi connectivity index (χ0n) is 10.7. The van der Waals surface area contributed by atoms with Gasteiger partial charge in [-0.2, -0.15) is 4.80 Å². The molecule has 0 unspecified atom stereocenters. The van der Waals surface area contributed by atoms with Gasteiger partial charge < -0.3 is 0 Å². The van der Waals surface area contributed by atoms with Gasteiger partial charge in [0.2, 0.25) is 0 Å². The first-order chi connectivity index (χ1) is 8.06. The summed E-state index contributed by atoms with van der Waals surface area (Å²) < 4.78 is 0. The summed E-state index contributed by atoms with van der Waals surface area (Å²) in [6.45, 7) is 9.28. The molecule has 92 valence electrons. The van der Waals surface area contributed by atoms with Gasteiger partial charge in [-0.25, -0.2) is 0 Å². The lowest BCUT2D eigenvalue weighted by Crippen LogP contribution is -2.03. The molecule has 0 fully saturated rings. The maximum absolute atomic E-state index is 4.36. The van der Waals surface area contributed by atoms with Gasteiger partial charge in [-0.1, -0.05) is 27.7 Å². The Hall–Kier alpha value is -1.23. The highest BCUT2D eigenvalue weighted by atomic mass is 32.1. The van der Waals surface area contributed by atoms with Crippen LogP contribution in [-0.4, -0.2) is 20.2 Å². The molecule has 5 heteroatoms. The fraction of sp³-hybridized carbons (Fsp3) is 0.583. The summed E-state index contributed by atoms with van der Waals surface area (Å²) in [5, 5.41) is 12.5. The van der Waals surface area contributed by atoms with Crippen molar-refractivity contribution in [1.29, 1.82) is 0 Å². The molecule has 0 aliphatic heterocycles. The Morgan fingerprint density at radius 2 is 1.94 bits per heavy atom. The number of aromatic nitrogens is 4. The summed E-state index contributed by atoms with van der Waals surface area (Å²) in [7, 11) is 0. The van der Waals surface area contributed by atoms with Gasteiger partial charge in [0.1, 0.15) is 0 Å². The lowest BCUT2D eigenvalue weighted by molar-refractivity contribution is 0.573. The van der Waals surface area contributed by atoms with E-state index in [9.17, 15) is 0 Å². The number of thiophene rings is 1. The van der Waals surface area contributed by atoms with Crippen LogP contribution in [0.2, 0.25) is 0 Å². The third kappa shape index (κ3) is 2.91. The first-order valence-corrected chi connectivity index (χ1v) is 6.74. The van der Waals surface area contributed by atoms with Gasteiger partial charge >= 0.3 is 0 Å². The molecule has 0 aromatic carbocycles. The Morgan fingerprint density at radius 1 is 1.18 bits per heavy atom. The van der Waals surface area contributed by atoms with Crippen molar-refractivity contribution in [3.05, 3.63) is 27.7 Å². The van der Waals surface area contributed by atoms with Crippen LogP contribution in [0.25, 0.3) is 0 Å². The van der Waals surface area contributed by atoms with Crippen LogP contribution in [0.4, 0.5) is 0 Å². The maximum Gasteiger partial charge on any atom is 0.177 e. The molecular weight excluding hydrogens is 232 g/mol. The number of tetrazole rings is 1. The highest BCUT2D eigenvalue weighted by Crippen LogP contribution is 2.24. The predicted molar refractivity (Wildman–Crippen MR) is 69.4 cm³/mol. The number of rotatable bonds is 4. The molecule has 17 heavy (non-hydrogen) atoms. The summed E-state index contributed by atoms with van der Waals surface area (Å²) >= 11 is 1.82. The molecule has 0 aliphatic carbocycles. The fourth-order valence-electron chi connectivity index (χ4n) is 1.48. The Labute approximate surface area is 106 Å². The zero-order valence-corrected chi connectivity index (χ0v) is 11.5. The predicted octanol–water partition coefficient (Wildman–Crippen LogP) is 3.03. The van der Waals surface area contributed by atoms with E-state index < -0.39 is 0 Å². The Morgan fingerprint density at radius 3 is 2.47 bits per heavy atom. The smallest absolute Gasteiger partial charge is 0.159 e. The fourth-order valence-corrected chi connectivity index (χ4v) is 2.47. The molecule has 2 aromatic rings. The molecule has 2 rings (SSSR count). The van der Waals surface area contributed by atoms with Crippen molar-refractivity contribution in [2.24, 2.45) is 0 Å². The van der Waals surface area contributed by atoms with Crippen LogP contribution >= 0.6 is 11.3 Å². The van der Waals surface area contributed by atoms with Crippen molar-refractivity contribution in [3.8, 4) is 0 Å². The molecule has 0 saturated heterocycles. The average Bonchev–Trinajstić information content (AvgIpc) is 2.87. The van der Waals surface area contributed by atoms with E-state index in [1.54, 1.807) is 4.80 Å². The summed E-state index contributed by atoms with van der Waals surface area (Å²) in [6, 6.07) is 4.34. The van der Waals surface area contributed by atoms with E-state index in [1.165, 1.54) is 9.75 Å². The maximum atomic E-state index is 4.36. The van der Waals surface area contributed by atoms with E-state index in [1.807, 2.05) is 11.3 Å². The van der Waals surface area contributed by atoms with E-state index in [2.05, 4.69) is 55.2 Å². The van der Waals surface area contributed by atoms with E-state index >= 15 is 0 Å². The van der Waals surface area contributed by atoms with Gasteiger partial charge in [0.15, 0.2) is 5.82 Å². The van der Waals surface area contributed by atoms with Crippen molar-refractivity contribution in [2.75, 3.05) is 0 Å². The molecule has 0 atom stereocenters. The van der Waals surface area contributed by atoms with Crippen LogP contribution < -0.4 is 0 Å². The summed E-state index contributed by atoms with van der Waals surface area (Å²) in [6.07, 6.45) is 0. The molecule has 4 nitrogen and oxygen atoms in total. The molecule has 0 amide bonds. The molecule has 0 saturated carbocycles. The Kier molecular flexibility index (Phi) is 3.57. The largest absolute Gasteiger partial charge is 0.177 e. The van der Waals surface area contributed by atoms with Crippen LogP contribution in [-0.2, 0) is 6.54 Å². The van der Waals surface area contributed by atoms with Gasteiger partial charge in [-0.3, -0.25) is 0 Å². The van der Waals surface area contributed by atoms with Gasteiger partial charge in [0, 0.05) is 15.7 Å². The molecule has 0 N–H and O–H groups in total. The van der Waals surface area contributed by atoms with Gasteiger partial charge in [-0.05, 0) is 23.3 Å². The summed E-state index contributed by atoms with van der Waals surface area (Å²) in [4.78, 5) is 4.36. The highest BCUT2D eigenvalue weighted by molar-refractivity contribution is 7.12. The zero-order chi connectivity index (χ0) is 12.4. The molecular formula is C12H18N4S. The minimum atomic E-state index is 0.332. The van der Waals surface area contributed by atoms with Crippen molar-refractivity contribution in [2.45, 2.75) is 46.1 Å². The van der Waals surface area contributed by atoms with Crippen molar-refractivity contribution >= 4 is 11.3 Å². The number of nitrogens with zero attached hydrogens (tertiary/aromatic N) is 4. The van der Waals surface area contributed by atoms with Crippen LogP contribution in [0.3, 0.4) is 0 Å². The minimum Gasteiger partial charge on any atom is -0.159 e. The van der Waals surface area contributed by atoms with E-state index in [4.69, 9.17) is 0 Å². The topological polar surface area (TPSA) is 43.6 Å². The molecule has 0 bridgehead atoms. The molecule has 0 radical (unpaired) electrons. The Bertz CT molecular complexity index is 440. The van der Waals surface area contributed by atoms with Crippen LogP contribution in [0.1, 0.15) is 55.1 Å². The normalized spacial score (nSPS) is 11.6. The standard InChI is InChI=1S/C12H18N4S/c1-8(2)11-6-5-10(17-11)7-16-14-12(9(3)4)13-15-16/h5-6,8-9H,7H2,1-4H3. The first kappa shape index (κ1) is 12.2. The van der Waals surface area contributed by atoms with E-state index in [0.717, 1.165) is 12.4 Å².